The van der Waals surface area contributed by atoms with Gasteiger partial charge in [0, 0.05) is 0 Å². The first-order valence-electron chi connectivity index (χ1n) is 4.46. The first-order valence-corrected chi connectivity index (χ1v) is 4.46. The fourth-order valence-corrected chi connectivity index (χ4v) is 2.31. The van der Waals surface area contributed by atoms with Gasteiger partial charge in [-0.15, -0.1) is 6.71 Å². The fraction of sp³-hybridized carbons (Fsp3) is 1.00. The number of hydrogen-bond donors (Lipinski definition) is 0. The summed E-state index contributed by atoms with van der Waals surface area (Å²) in [6.07, 6.45) is 0. The van der Waals surface area contributed by atoms with Gasteiger partial charge in [-0.2, -0.15) is 0 Å². The third-order valence-corrected chi connectivity index (χ3v) is 2.31. The Kier molecular flexibility index (Phi) is 8.02. The van der Waals surface area contributed by atoms with Gasteiger partial charge in [0.05, 0.1) is 0 Å². The van der Waals surface area contributed by atoms with Crippen LogP contribution in [0.3, 0.4) is 0 Å². The molecule has 0 nitrogen and oxygen atoms in total. The van der Waals surface area contributed by atoms with Crippen LogP contribution in [-0.4, -0.2) is 6.71 Å². The SMILES string of the molecule is CC(C)[B-](C(C)C)C(C)C.[Li+]. The second-order valence-electron chi connectivity index (χ2n) is 4.31. The van der Waals surface area contributed by atoms with E-state index < -0.39 is 0 Å². The molecule has 0 atom stereocenters. The summed E-state index contributed by atoms with van der Waals surface area (Å²) in [6.45, 7) is 14.8. The summed E-state index contributed by atoms with van der Waals surface area (Å²) in [5, 5.41) is 0. The number of rotatable bonds is 3. The van der Waals surface area contributed by atoms with Gasteiger partial charge in [-0.1, -0.05) is 41.5 Å². The summed E-state index contributed by atoms with van der Waals surface area (Å²) in [5.41, 5.74) is 0. The standard InChI is InChI=1S/C9H21B.Li/c1-7(2)10(8(3)4)9(5)6;/h7-9H,1-6H3;/q-1;+1. The van der Waals surface area contributed by atoms with E-state index in [1.54, 1.807) is 0 Å². The van der Waals surface area contributed by atoms with Gasteiger partial charge < -0.3 is 0 Å². The van der Waals surface area contributed by atoms with Crippen LogP contribution in [0.2, 0.25) is 17.5 Å². The molecule has 0 fully saturated rings. The molecule has 0 aromatic rings. The molecule has 0 aromatic carbocycles. The van der Waals surface area contributed by atoms with E-state index in [2.05, 4.69) is 41.5 Å². The Bertz CT molecular complexity index is 70.5. The molecule has 0 rings (SSSR count). The largest absolute Gasteiger partial charge is 1.00 e. The van der Waals surface area contributed by atoms with Crippen LogP contribution in [0.25, 0.3) is 0 Å². The summed E-state index contributed by atoms with van der Waals surface area (Å²) in [7, 11) is 0. The van der Waals surface area contributed by atoms with Crippen molar-refractivity contribution in [2.45, 2.75) is 59.0 Å². The molecule has 2 heteroatoms. The minimum atomic E-state index is 0. The Morgan fingerprint density at radius 3 is 0.818 bits per heavy atom. The van der Waals surface area contributed by atoms with E-state index in [0.717, 1.165) is 24.2 Å². The first kappa shape index (κ1) is 14.2. The molecule has 0 saturated carbocycles. The zero-order valence-electron chi connectivity index (χ0n) is 9.31. The van der Waals surface area contributed by atoms with Crippen molar-refractivity contribution in [3.05, 3.63) is 0 Å². The molecule has 0 amide bonds. The van der Waals surface area contributed by atoms with E-state index in [1.165, 1.54) is 0 Å². The fourth-order valence-electron chi connectivity index (χ4n) is 2.31. The van der Waals surface area contributed by atoms with E-state index in [0.29, 0.717) is 0 Å². The van der Waals surface area contributed by atoms with E-state index in [4.69, 9.17) is 0 Å². The molecule has 0 heterocycles. The van der Waals surface area contributed by atoms with Crippen LogP contribution in [-0.2, 0) is 0 Å². The summed E-state index contributed by atoms with van der Waals surface area (Å²) in [4.78, 5) is 0. The van der Waals surface area contributed by atoms with Crippen molar-refractivity contribution in [3.63, 3.8) is 0 Å². The van der Waals surface area contributed by atoms with Gasteiger partial charge in [-0.3, -0.25) is 0 Å². The van der Waals surface area contributed by atoms with Crippen LogP contribution in [0.5, 0.6) is 0 Å². The Labute approximate surface area is 84.8 Å². The van der Waals surface area contributed by atoms with Crippen molar-refractivity contribution in [2.24, 2.45) is 0 Å². The van der Waals surface area contributed by atoms with Gasteiger partial charge in [-0.25, -0.2) is 17.5 Å². The molecule has 11 heavy (non-hydrogen) atoms. The molecule has 0 N–H and O–H groups in total. The van der Waals surface area contributed by atoms with Crippen LogP contribution in [0.4, 0.5) is 0 Å². The van der Waals surface area contributed by atoms with E-state index >= 15 is 0 Å². The number of hydrogen-bond acceptors (Lipinski definition) is 0. The Balaban J connectivity index is 0. The average molecular weight is 147 g/mol. The van der Waals surface area contributed by atoms with Crippen molar-refractivity contribution < 1.29 is 18.9 Å². The molecule has 0 saturated heterocycles. The topological polar surface area (TPSA) is 0 Å². The van der Waals surface area contributed by atoms with Gasteiger partial charge in [0.15, 0.2) is 0 Å². The van der Waals surface area contributed by atoms with Gasteiger partial charge in [0.1, 0.15) is 0 Å². The predicted molar refractivity (Wildman–Crippen MR) is 51.0 cm³/mol. The molecule has 0 aliphatic rings. The Hall–Kier alpha value is 0.662. The molecule has 0 aliphatic heterocycles. The zero-order valence-corrected chi connectivity index (χ0v) is 9.31. The molecule has 1 radical (unpaired) electrons. The summed E-state index contributed by atoms with van der Waals surface area (Å²) in [6, 6.07) is 0. The Morgan fingerprint density at radius 2 is 0.818 bits per heavy atom. The zero-order chi connectivity index (χ0) is 8.31. The maximum absolute atomic E-state index is 2.32. The van der Waals surface area contributed by atoms with Crippen molar-refractivity contribution in [1.82, 2.24) is 0 Å². The summed E-state index contributed by atoms with van der Waals surface area (Å²) >= 11 is 0. The Morgan fingerprint density at radius 1 is 0.636 bits per heavy atom. The predicted octanol–water partition coefficient (Wildman–Crippen LogP) is 0.715. The quantitative estimate of drug-likeness (QED) is 0.516. The van der Waals surface area contributed by atoms with Crippen LogP contribution in [0, 0.1) is 0 Å². The van der Waals surface area contributed by atoms with Gasteiger partial charge >= 0.3 is 18.9 Å². The van der Waals surface area contributed by atoms with E-state index in [-0.39, 0.29) is 18.9 Å². The smallest absolute Gasteiger partial charge is 0.202 e. The van der Waals surface area contributed by atoms with Gasteiger partial charge in [0.2, 0.25) is 0 Å². The molecule has 61 valence electrons. The molecular weight excluding hydrogens is 126 g/mol. The monoisotopic (exact) mass is 147 g/mol. The van der Waals surface area contributed by atoms with Gasteiger partial charge in [0.25, 0.3) is 0 Å². The van der Waals surface area contributed by atoms with Crippen molar-refractivity contribution in [1.29, 1.82) is 0 Å². The molecule has 0 bridgehead atoms. The van der Waals surface area contributed by atoms with Crippen molar-refractivity contribution in [2.75, 3.05) is 0 Å². The van der Waals surface area contributed by atoms with Crippen LogP contribution >= 0.6 is 0 Å². The van der Waals surface area contributed by atoms with Crippen LogP contribution < -0.4 is 18.9 Å². The minimum Gasteiger partial charge on any atom is -0.202 e. The van der Waals surface area contributed by atoms with Gasteiger partial charge in [-0.05, 0) is 0 Å². The second-order valence-corrected chi connectivity index (χ2v) is 4.31. The normalized spacial score (nSPS) is 11.5. The van der Waals surface area contributed by atoms with E-state index in [1.807, 2.05) is 0 Å². The van der Waals surface area contributed by atoms with E-state index in [9.17, 15) is 0 Å². The average Bonchev–Trinajstić information content (AvgIpc) is 1.59. The maximum Gasteiger partial charge on any atom is 1.00 e. The van der Waals surface area contributed by atoms with Crippen molar-refractivity contribution in [3.8, 4) is 0 Å². The molecule has 0 aromatic heterocycles. The summed E-state index contributed by atoms with van der Waals surface area (Å²) < 4.78 is 0. The van der Waals surface area contributed by atoms with Crippen LogP contribution in [0.15, 0.2) is 0 Å². The first-order chi connectivity index (χ1) is 4.46. The van der Waals surface area contributed by atoms with Crippen LogP contribution in [0.1, 0.15) is 41.5 Å². The molecule has 0 spiro atoms. The third kappa shape index (κ3) is 4.99. The summed E-state index contributed by atoms with van der Waals surface area (Å²) in [5.74, 6) is 2.50. The third-order valence-electron chi connectivity index (χ3n) is 2.31. The molecule has 0 aliphatic carbocycles. The molecular formula is C9H21BLi. The maximum atomic E-state index is 2.32. The molecule has 0 unspecified atom stereocenters. The van der Waals surface area contributed by atoms with Crippen molar-refractivity contribution >= 4 is 6.71 Å². The second kappa shape index (κ2) is 6.21. The minimum absolute atomic E-state index is 0.